The maximum atomic E-state index is 12.9. The van der Waals surface area contributed by atoms with Crippen LogP contribution in [0.1, 0.15) is 30.5 Å². The average Bonchev–Trinajstić information content (AvgIpc) is 3.33. The van der Waals surface area contributed by atoms with Gasteiger partial charge in [0.05, 0.1) is 17.9 Å². The Kier molecular flexibility index (Phi) is 4.66. The topological polar surface area (TPSA) is 66.6 Å². The Bertz CT molecular complexity index is 1030. The molecular formula is C22H26N6O. The normalized spacial score (nSPS) is 21.8. The minimum atomic E-state index is 0.144. The minimum absolute atomic E-state index is 0.144. The molecule has 0 unspecified atom stereocenters. The number of hydrogen-bond donors (Lipinski definition) is 0. The van der Waals surface area contributed by atoms with Gasteiger partial charge in [0.25, 0.3) is 0 Å². The first-order chi connectivity index (χ1) is 14.2. The van der Waals surface area contributed by atoms with Crippen molar-refractivity contribution in [3.8, 4) is 0 Å². The molecule has 2 saturated heterocycles. The van der Waals surface area contributed by atoms with Gasteiger partial charge >= 0.3 is 0 Å². The van der Waals surface area contributed by atoms with Crippen molar-refractivity contribution in [1.29, 1.82) is 0 Å². The van der Waals surface area contributed by atoms with Crippen LogP contribution in [0.25, 0.3) is 5.65 Å². The van der Waals surface area contributed by atoms with Gasteiger partial charge in [-0.25, -0.2) is 9.50 Å². The summed E-state index contributed by atoms with van der Waals surface area (Å²) in [6.07, 6.45) is 9.20. The Labute approximate surface area is 170 Å². The third-order valence-electron chi connectivity index (χ3n) is 6.26. The number of nitrogens with zero attached hydrogens (tertiary/aromatic N) is 6. The van der Waals surface area contributed by atoms with Gasteiger partial charge in [0.15, 0.2) is 5.65 Å². The predicted molar refractivity (Wildman–Crippen MR) is 111 cm³/mol. The number of aryl methyl sites for hydroxylation is 2. The van der Waals surface area contributed by atoms with Gasteiger partial charge in [-0.05, 0) is 56.4 Å². The lowest BCUT2D eigenvalue weighted by molar-refractivity contribution is -0.132. The van der Waals surface area contributed by atoms with Crippen molar-refractivity contribution in [2.45, 2.75) is 38.6 Å². The largest absolute Gasteiger partial charge is 0.366 e. The first-order valence-corrected chi connectivity index (χ1v) is 10.4. The Morgan fingerprint density at radius 3 is 3.03 bits per heavy atom. The number of rotatable bonds is 5. The fourth-order valence-electron chi connectivity index (χ4n) is 4.82. The Balaban J connectivity index is 1.20. The maximum absolute atomic E-state index is 12.9. The molecule has 7 nitrogen and oxygen atoms in total. The average molecular weight is 390 g/mol. The van der Waals surface area contributed by atoms with Crippen LogP contribution in [0.4, 0.5) is 5.69 Å². The second kappa shape index (κ2) is 7.46. The van der Waals surface area contributed by atoms with E-state index in [1.807, 2.05) is 29.0 Å². The van der Waals surface area contributed by atoms with Crippen LogP contribution in [0.2, 0.25) is 0 Å². The lowest BCUT2D eigenvalue weighted by atomic mass is 9.97. The van der Waals surface area contributed by atoms with Crippen molar-refractivity contribution in [2.75, 3.05) is 24.5 Å². The molecule has 0 N–H and O–H groups in total. The number of piperazine rings is 1. The molecular weight excluding hydrogens is 364 g/mol. The first kappa shape index (κ1) is 18.1. The van der Waals surface area contributed by atoms with Crippen molar-refractivity contribution in [2.24, 2.45) is 5.92 Å². The van der Waals surface area contributed by atoms with E-state index < -0.39 is 0 Å². The van der Waals surface area contributed by atoms with Gasteiger partial charge in [0.2, 0.25) is 5.91 Å². The molecule has 0 aromatic carbocycles. The van der Waals surface area contributed by atoms with E-state index in [2.05, 4.69) is 43.9 Å². The van der Waals surface area contributed by atoms with E-state index in [0.717, 1.165) is 56.7 Å². The molecule has 0 bridgehead atoms. The smallest absolute Gasteiger partial charge is 0.226 e. The van der Waals surface area contributed by atoms with Gasteiger partial charge < -0.3 is 9.80 Å². The molecule has 2 atom stereocenters. The molecule has 0 spiro atoms. The lowest BCUT2D eigenvalue weighted by Crippen LogP contribution is -2.51. The van der Waals surface area contributed by atoms with E-state index in [-0.39, 0.29) is 5.92 Å². The fourth-order valence-corrected chi connectivity index (χ4v) is 4.82. The summed E-state index contributed by atoms with van der Waals surface area (Å²) in [5, 5.41) is 4.31. The van der Waals surface area contributed by atoms with Crippen LogP contribution in [-0.4, -0.2) is 56.1 Å². The van der Waals surface area contributed by atoms with E-state index in [1.54, 1.807) is 6.33 Å². The van der Waals surface area contributed by atoms with E-state index >= 15 is 0 Å². The standard InChI is InChI=1S/C22H26N6O/c1-16-10-19(13-23-12-16)26-8-9-27-20(14-26)11-17(22(27)29)4-2-5-18-6-3-7-21-24-15-25-28(18)21/h3,6-7,10,12-13,15,17,20H,2,4-5,8-9,11,14H2,1H3/t17-,20-/m0/s1. The molecule has 7 heteroatoms. The van der Waals surface area contributed by atoms with Crippen LogP contribution >= 0.6 is 0 Å². The van der Waals surface area contributed by atoms with Gasteiger partial charge in [-0.2, -0.15) is 5.10 Å². The van der Waals surface area contributed by atoms with Crippen molar-refractivity contribution in [3.05, 3.63) is 54.2 Å². The molecule has 0 saturated carbocycles. The van der Waals surface area contributed by atoms with Crippen LogP contribution in [0.3, 0.4) is 0 Å². The van der Waals surface area contributed by atoms with Crippen LogP contribution in [-0.2, 0) is 11.2 Å². The summed E-state index contributed by atoms with van der Waals surface area (Å²) < 4.78 is 1.90. The Morgan fingerprint density at radius 1 is 1.21 bits per heavy atom. The summed E-state index contributed by atoms with van der Waals surface area (Å²) >= 11 is 0. The number of aromatic nitrogens is 4. The number of fused-ring (bicyclic) bond motifs is 2. The third kappa shape index (κ3) is 3.45. The quantitative estimate of drug-likeness (QED) is 0.670. The Hall–Kier alpha value is -2.96. The molecule has 3 aromatic rings. The third-order valence-corrected chi connectivity index (χ3v) is 6.26. The van der Waals surface area contributed by atoms with Crippen molar-refractivity contribution in [3.63, 3.8) is 0 Å². The van der Waals surface area contributed by atoms with Gasteiger partial charge in [0.1, 0.15) is 6.33 Å². The second-order valence-electron chi connectivity index (χ2n) is 8.22. The highest BCUT2D eigenvalue weighted by Crippen LogP contribution is 2.32. The van der Waals surface area contributed by atoms with E-state index in [4.69, 9.17) is 0 Å². The highest BCUT2D eigenvalue weighted by molar-refractivity contribution is 5.82. The SMILES string of the molecule is Cc1cncc(N2CCN3C(=O)[C@@H](CCCc4cccc5ncnn45)C[C@H]3C2)c1. The highest BCUT2D eigenvalue weighted by Gasteiger charge is 2.41. The molecule has 5 heterocycles. The maximum Gasteiger partial charge on any atom is 0.226 e. The molecule has 2 aliphatic rings. The van der Waals surface area contributed by atoms with Gasteiger partial charge in [-0.15, -0.1) is 0 Å². The van der Waals surface area contributed by atoms with Crippen LogP contribution < -0.4 is 4.90 Å². The summed E-state index contributed by atoms with van der Waals surface area (Å²) in [6.45, 7) is 4.67. The lowest BCUT2D eigenvalue weighted by Gasteiger charge is -2.38. The van der Waals surface area contributed by atoms with Crippen LogP contribution in [0.5, 0.6) is 0 Å². The van der Waals surface area contributed by atoms with Crippen LogP contribution in [0.15, 0.2) is 43.0 Å². The minimum Gasteiger partial charge on any atom is -0.366 e. The molecule has 2 fully saturated rings. The first-order valence-electron chi connectivity index (χ1n) is 10.4. The van der Waals surface area contributed by atoms with Crippen molar-refractivity contribution in [1.82, 2.24) is 24.5 Å². The zero-order valence-electron chi connectivity index (χ0n) is 16.7. The van der Waals surface area contributed by atoms with Crippen LogP contribution in [0, 0.1) is 12.8 Å². The zero-order valence-corrected chi connectivity index (χ0v) is 16.7. The molecule has 5 rings (SSSR count). The molecule has 150 valence electrons. The highest BCUT2D eigenvalue weighted by atomic mass is 16.2. The monoisotopic (exact) mass is 390 g/mol. The number of pyridine rings is 2. The summed E-state index contributed by atoms with van der Waals surface area (Å²) in [5.74, 6) is 0.488. The number of hydrogen-bond acceptors (Lipinski definition) is 5. The summed E-state index contributed by atoms with van der Waals surface area (Å²) in [4.78, 5) is 26.0. The molecule has 2 aliphatic heterocycles. The fraction of sp³-hybridized carbons (Fsp3) is 0.455. The summed E-state index contributed by atoms with van der Waals surface area (Å²) in [5.41, 5.74) is 4.37. The zero-order chi connectivity index (χ0) is 19.8. The van der Waals surface area contributed by atoms with Gasteiger partial charge in [-0.3, -0.25) is 9.78 Å². The van der Waals surface area contributed by atoms with Crippen molar-refractivity contribution >= 4 is 17.2 Å². The second-order valence-corrected chi connectivity index (χ2v) is 8.22. The summed E-state index contributed by atoms with van der Waals surface area (Å²) in [6, 6.07) is 8.58. The van der Waals surface area contributed by atoms with E-state index in [1.165, 1.54) is 11.3 Å². The molecule has 1 amide bonds. The predicted octanol–water partition coefficient (Wildman–Crippen LogP) is 2.49. The van der Waals surface area contributed by atoms with Gasteiger partial charge in [0, 0.05) is 37.4 Å². The number of amides is 1. The molecule has 0 radical (unpaired) electrons. The molecule has 0 aliphatic carbocycles. The van der Waals surface area contributed by atoms with E-state index in [0.29, 0.717) is 11.9 Å². The number of carbonyl (C=O) groups is 1. The summed E-state index contributed by atoms with van der Waals surface area (Å²) in [7, 11) is 0. The van der Waals surface area contributed by atoms with E-state index in [9.17, 15) is 4.79 Å². The molecule has 29 heavy (non-hydrogen) atoms. The molecule has 3 aromatic heterocycles. The number of carbonyl (C=O) groups excluding carboxylic acids is 1. The van der Waals surface area contributed by atoms with Gasteiger partial charge in [-0.1, -0.05) is 6.07 Å². The number of anilines is 1. The van der Waals surface area contributed by atoms with Crippen molar-refractivity contribution < 1.29 is 4.79 Å². The Morgan fingerprint density at radius 2 is 2.14 bits per heavy atom.